The first-order valence-electron chi connectivity index (χ1n) is 8.83. The standard InChI is InChI=1S/C20H23N3O3S2/c1-6-26-20(24)17-12(2)16-18(21-11-22-19(16)28-17)23(3)10-13-7-8-15(27-5)14(9-13)25-4/h7-9,11H,6,10H2,1-5H3. The van der Waals surface area contributed by atoms with E-state index in [2.05, 4.69) is 27.0 Å². The number of hydrogen-bond acceptors (Lipinski definition) is 8. The van der Waals surface area contributed by atoms with Crippen LogP contribution in [-0.2, 0) is 11.3 Å². The highest BCUT2D eigenvalue weighted by molar-refractivity contribution is 7.98. The summed E-state index contributed by atoms with van der Waals surface area (Å²) in [5.41, 5.74) is 1.97. The zero-order valence-electron chi connectivity index (χ0n) is 16.6. The van der Waals surface area contributed by atoms with Crippen molar-refractivity contribution in [1.82, 2.24) is 9.97 Å². The molecule has 28 heavy (non-hydrogen) atoms. The van der Waals surface area contributed by atoms with Crippen LogP contribution in [0, 0.1) is 6.92 Å². The Hall–Kier alpha value is -2.32. The Kier molecular flexibility index (Phi) is 6.41. The van der Waals surface area contributed by atoms with Gasteiger partial charge in [0.15, 0.2) is 0 Å². The predicted molar refractivity (Wildman–Crippen MR) is 115 cm³/mol. The van der Waals surface area contributed by atoms with Crippen LogP contribution in [0.1, 0.15) is 27.7 Å². The molecule has 1 aromatic carbocycles. The highest BCUT2D eigenvalue weighted by Gasteiger charge is 2.21. The van der Waals surface area contributed by atoms with Gasteiger partial charge in [0.25, 0.3) is 0 Å². The maximum Gasteiger partial charge on any atom is 0.348 e. The van der Waals surface area contributed by atoms with Gasteiger partial charge in [-0.15, -0.1) is 23.1 Å². The summed E-state index contributed by atoms with van der Waals surface area (Å²) in [7, 11) is 3.67. The summed E-state index contributed by atoms with van der Waals surface area (Å²) in [5.74, 6) is 1.35. The van der Waals surface area contributed by atoms with Crippen molar-refractivity contribution < 1.29 is 14.3 Å². The molecule has 0 aliphatic rings. The minimum absolute atomic E-state index is 0.311. The molecule has 0 radical (unpaired) electrons. The molecule has 0 amide bonds. The van der Waals surface area contributed by atoms with Gasteiger partial charge in [-0.1, -0.05) is 6.07 Å². The van der Waals surface area contributed by atoms with Gasteiger partial charge in [0, 0.05) is 18.5 Å². The number of aromatic nitrogens is 2. The highest BCUT2D eigenvalue weighted by atomic mass is 32.2. The topological polar surface area (TPSA) is 64.5 Å². The summed E-state index contributed by atoms with van der Waals surface area (Å²) >= 11 is 3.00. The van der Waals surface area contributed by atoms with Crippen LogP contribution in [0.2, 0.25) is 0 Å². The number of esters is 1. The van der Waals surface area contributed by atoms with E-state index < -0.39 is 0 Å². The number of thioether (sulfide) groups is 1. The number of thiophene rings is 1. The van der Waals surface area contributed by atoms with Gasteiger partial charge in [-0.3, -0.25) is 0 Å². The first kappa shape index (κ1) is 20.4. The minimum atomic E-state index is -0.311. The number of fused-ring (bicyclic) bond motifs is 1. The van der Waals surface area contributed by atoms with E-state index >= 15 is 0 Å². The predicted octanol–water partition coefficient (Wildman–Crippen LogP) is 4.54. The third kappa shape index (κ3) is 3.93. The van der Waals surface area contributed by atoms with E-state index in [1.54, 1.807) is 25.8 Å². The number of nitrogens with zero attached hydrogens (tertiary/aromatic N) is 3. The van der Waals surface area contributed by atoms with E-state index in [4.69, 9.17) is 9.47 Å². The minimum Gasteiger partial charge on any atom is -0.496 e. The number of rotatable bonds is 7. The second kappa shape index (κ2) is 8.79. The Labute approximate surface area is 172 Å². The monoisotopic (exact) mass is 417 g/mol. The lowest BCUT2D eigenvalue weighted by Crippen LogP contribution is -2.18. The first-order chi connectivity index (χ1) is 13.5. The molecule has 0 unspecified atom stereocenters. The summed E-state index contributed by atoms with van der Waals surface area (Å²) in [6, 6.07) is 6.20. The van der Waals surface area contributed by atoms with E-state index in [9.17, 15) is 4.79 Å². The normalized spacial score (nSPS) is 10.9. The second-order valence-corrected chi connectivity index (χ2v) is 8.05. The molecule has 0 fully saturated rings. The van der Waals surface area contributed by atoms with Gasteiger partial charge in [-0.25, -0.2) is 14.8 Å². The van der Waals surface area contributed by atoms with Crippen molar-refractivity contribution in [3.05, 3.63) is 40.5 Å². The molecule has 3 aromatic rings. The molecule has 0 aliphatic heterocycles. The number of carbonyl (C=O) groups excluding carboxylic acids is 1. The van der Waals surface area contributed by atoms with Crippen molar-refractivity contribution in [3.63, 3.8) is 0 Å². The summed E-state index contributed by atoms with van der Waals surface area (Å²) in [6.07, 6.45) is 3.57. The van der Waals surface area contributed by atoms with Gasteiger partial charge in [-0.05, 0) is 43.4 Å². The lowest BCUT2D eigenvalue weighted by molar-refractivity contribution is 0.0531. The molecular weight excluding hydrogens is 394 g/mol. The molecule has 0 saturated heterocycles. The van der Waals surface area contributed by atoms with E-state index in [1.165, 1.54) is 17.7 Å². The van der Waals surface area contributed by atoms with Crippen LogP contribution in [-0.4, -0.2) is 43.0 Å². The summed E-state index contributed by atoms with van der Waals surface area (Å²) < 4.78 is 10.7. The fourth-order valence-electron chi connectivity index (χ4n) is 3.06. The number of ether oxygens (including phenoxy) is 2. The maximum atomic E-state index is 12.2. The van der Waals surface area contributed by atoms with Crippen LogP contribution < -0.4 is 9.64 Å². The van der Waals surface area contributed by atoms with E-state index in [-0.39, 0.29) is 5.97 Å². The van der Waals surface area contributed by atoms with Crippen LogP contribution >= 0.6 is 23.1 Å². The zero-order valence-corrected chi connectivity index (χ0v) is 18.2. The summed E-state index contributed by atoms with van der Waals surface area (Å²) in [5, 5.41) is 0.894. The van der Waals surface area contributed by atoms with Crippen LogP contribution in [0.15, 0.2) is 29.4 Å². The van der Waals surface area contributed by atoms with Crippen molar-refractivity contribution in [2.24, 2.45) is 0 Å². The van der Waals surface area contributed by atoms with E-state index in [0.717, 1.165) is 37.8 Å². The quantitative estimate of drug-likeness (QED) is 0.413. The Morgan fingerprint density at radius 2 is 2.11 bits per heavy atom. The molecule has 0 bridgehead atoms. The first-order valence-corrected chi connectivity index (χ1v) is 10.9. The molecule has 2 heterocycles. The average Bonchev–Trinajstić information content (AvgIpc) is 3.05. The molecule has 148 valence electrons. The van der Waals surface area contributed by atoms with E-state index in [0.29, 0.717) is 18.0 Å². The van der Waals surface area contributed by atoms with Gasteiger partial charge >= 0.3 is 5.97 Å². The van der Waals surface area contributed by atoms with Gasteiger partial charge < -0.3 is 14.4 Å². The largest absolute Gasteiger partial charge is 0.496 e. The van der Waals surface area contributed by atoms with Crippen LogP contribution in [0.4, 0.5) is 5.82 Å². The van der Waals surface area contributed by atoms with Gasteiger partial charge in [0.1, 0.15) is 27.6 Å². The molecule has 6 nitrogen and oxygen atoms in total. The number of anilines is 1. The summed E-state index contributed by atoms with van der Waals surface area (Å²) in [6.45, 7) is 4.72. The number of hydrogen-bond donors (Lipinski definition) is 0. The Bertz CT molecular complexity index is 1000. The zero-order chi connectivity index (χ0) is 20.3. The molecule has 0 N–H and O–H groups in total. The maximum absolute atomic E-state index is 12.2. The van der Waals surface area contributed by atoms with Gasteiger partial charge in [-0.2, -0.15) is 0 Å². The third-order valence-electron chi connectivity index (χ3n) is 4.40. The SMILES string of the molecule is CCOC(=O)c1sc2ncnc(N(C)Cc3ccc(SC)c(OC)c3)c2c1C. The van der Waals surface area contributed by atoms with Gasteiger partial charge in [0.2, 0.25) is 0 Å². The Morgan fingerprint density at radius 1 is 1.32 bits per heavy atom. The Morgan fingerprint density at radius 3 is 2.79 bits per heavy atom. The van der Waals surface area contributed by atoms with Crippen LogP contribution in [0.3, 0.4) is 0 Å². The molecule has 2 aromatic heterocycles. The van der Waals surface area contributed by atoms with Crippen LogP contribution in [0.5, 0.6) is 5.75 Å². The molecule has 8 heteroatoms. The van der Waals surface area contributed by atoms with Crippen molar-refractivity contribution in [2.45, 2.75) is 25.3 Å². The van der Waals surface area contributed by atoms with E-state index in [1.807, 2.05) is 26.3 Å². The number of aryl methyl sites for hydroxylation is 1. The number of benzene rings is 1. The fourth-order valence-corrected chi connectivity index (χ4v) is 4.65. The molecule has 0 saturated carbocycles. The van der Waals surface area contributed by atoms with Crippen molar-refractivity contribution in [2.75, 3.05) is 31.9 Å². The van der Waals surface area contributed by atoms with Gasteiger partial charge in [0.05, 0.1) is 19.1 Å². The number of methoxy groups -OCH3 is 1. The second-order valence-electron chi connectivity index (χ2n) is 6.20. The molecule has 0 spiro atoms. The van der Waals surface area contributed by atoms with Crippen molar-refractivity contribution in [3.8, 4) is 5.75 Å². The molecular formula is C20H23N3O3S2. The van der Waals surface area contributed by atoms with Crippen molar-refractivity contribution in [1.29, 1.82) is 0 Å². The smallest absolute Gasteiger partial charge is 0.348 e. The Balaban J connectivity index is 1.96. The number of carbonyl (C=O) groups is 1. The fraction of sp³-hybridized carbons (Fsp3) is 0.350. The highest BCUT2D eigenvalue weighted by Crippen LogP contribution is 2.36. The lowest BCUT2D eigenvalue weighted by atomic mass is 10.1. The molecule has 0 atom stereocenters. The molecule has 3 rings (SSSR count). The molecule has 0 aliphatic carbocycles. The van der Waals surface area contributed by atoms with Crippen LogP contribution in [0.25, 0.3) is 10.2 Å². The van der Waals surface area contributed by atoms with Crippen molar-refractivity contribution >= 4 is 45.1 Å². The average molecular weight is 418 g/mol. The summed E-state index contributed by atoms with van der Waals surface area (Å²) in [4.78, 5) is 25.6. The lowest BCUT2D eigenvalue weighted by Gasteiger charge is -2.20. The third-order valence-corrected chi connectivity index (χ3v) is 6.35.